The molecule has 0 aliphatic heterocycles. The van der Waals surface area contributed by atoms with Crippen molar-refractivity contribution in [2.24, 2.45) is 0 Å². The van der Waals surface area contributed by atoms with Gasteiger partial charge < -0.3 is 5.32 Å². The Balaban J connectivity index is 2.13. The Bertz CT molecular complexity index is 643. The monoisotopic (exact) mass is 293 g/mol. The molecule has 0 aliphatic carbocycles. The smallest absolute Gasteiger partial charge is 0.280 e. The van der Waals surface area contributed by atoms with Crippen molar-refractivity contribution in [2.45, 2.75) is 18.5 Å². The Kier molecular flexibility index (Phi) is 4.59. The van der Waals surface area contributed by atoms with E-state index in [1.54, 1.807) is 12.1 Å². The number of rotatable bonds is 6. The molecule has 8 heteroatoms. The van der Waals surface area contributed by atoms with Crippen LogP contribution in [0.15, 0.2) is 41.7 Å². The third kappa shape index (κ3) is 3.72. The van der Waals surface area contributed by atoms with Crippen LogP contribution in [0.2, 0.25) is 0 Å². The maximum Gasteiger partial charge on any atom is 0.280 e. The van der Waals surface area contributed by atoms with E-state index in [0.29, 0.717) is 6.54 Å². The summed E-state index contributed by atoms with van der Waals surface area (Å²) in [5.41, 5.74) is 0.922. The lowest BCUT2D eigenvalue weighted by molar-refractivity contribution is 0.597. The van der Waals surface area contributed by atoms with E-state index in [2.05, 4.69) is 25.2 Å². The third-order valence-corrected chi connectivity index (χ3v) is 3.73. The minimum atomic E-state index is -3.73. The minimum Gasteiger partial charge on any atom is -0.313 e. The van der Waals surface area contributed by atoms with Gasteiger partial charge in [-0.1, -0.05) is 13.0 Å². The van der Waals surface area contributed by atoms with E-state index in [1.165, 1.54) is 24.5 Å². The van der Waals surface area contributed by atoms with Crippen molar-refractivity contribution in [1.82, 2.24) is 20.5 Å². The number of nitrogens with zero attached hydrogens (tertiary/aromatic N) is 3. The summed E-state index contributed by atoms with van der Waals surface area (Å²) in [6.07, 6.45) is 3.00. The fourth-order valence-corrected chi connectivity index (χ4v) is 2.42. The van der Waals surface area contributed by atoms with Gasteiger partial charge in [0.15, 0.2) is 10.8 Å². The molecular formula is C12H15N5O2S. The van der Waals surface area contributed by atoms with Gasteiger partial charge in [-0.2, -0.15) is 13.5 Å². The summed E-state index contributed by atoms with van der Waals surface area (Å²) in [6.45, 7) is 3.49. The number of sulfonamides is 1. The molecule has 2 aromatic heterocycles. The van der Waals surface area contributed by atoms with Crippen LogP contribution < -0.4 is 10.0 Å². The fraction of sp³-hybridized carbons (Fsp3) is 0.250. The van der Waals surface area contributed by atoms with Gasteiger partial charge in [0.05, 0.1) is 0 Å². The first-order valence-electron chi connectivity index (χ1n) is 6.08. The lowest BCUT2D eigenvalue weighted by Crippen LogP contribution is -2.16. The quantitative estimate of drug-likeness (QED) is 0.817. The van der Waals surface area contributed by atoms with Crippen LogP contribution in [-0.2, 0) is 16.6 Å². The molecule has 2 aromatic rings. The van der Waals surface area contributed by atoms with Gasteiger partial charge in [-0.3, -0.25) is 4.72 Å². The van der Waals surface area contributed by atoms with E-state index in [1.807, 2.05) is 6.92 Å². The van der Waals surface area contributed by atoms with Crippen molar-refractivity contribution in [3.63, 3.8) is 0 Å². The second-order valence-corrected chi connectivity index (χ2v) is 5.63. The molecule has 2 rings (SSSR count). The van der Waals surface area contributed by atoms with Crippen molar-refractivity contribution in [1.29, 1.82) is 0 Å². The van der Waals surface area contributed by atoms with Crippen LogP contribution in [0.25, 0.3) is 0 Å². The van der Waals surface area contributed by atoms with Crippen LogP contribution in [0.4, 0.5) is 5.82 Å². The van der Waals surface area contributed by atoms with Gasteiger partial charge in [0.2, 0.25) is 0 Å². The average molecular weight is 293 g/mol. The van der Waals surface area contributed by atoms with Crippen LogP contribution in [0, 0.1) is 0 Å². The normalized spacial score (nSPS) is 11.2. The number of hydrogen-bond donors (Lipinski definition) is 2. The summed E-state index contributed by atoms with van der Waals surface area (Å²) in [7, 11) is -3.73. The van der Waals surface area contributed by atoms with E-state index in [4.69, 9.17) is 0 Å². The Morgan fingerprint density at radius 1 is 1.25 bits per heavy atom. The van der Waals surface area contributed by atoms with Gasteiger partial charge in [-0.15, -0.1) is 5.10 Å². The number of pyridine rings is 1. The van der Waals surface area contributed by atoms with E-state index < -0.39 is 10.0 Å². The first-order valence-corrected chi connectivity index (χ1v) is 7.56. The molecule has 0 amide bonds. The Hall–Kier alpha value is -2.06. The number of hydrogen-bond acceptors (Lipinski definition) is 6. The molecule has 106 valence electrons. The Morgan fingerprint density at radius 3 is 2.70 bits per heavy atom. The molecule has 0 unspecified atom stereocenters. The SMILES string of the molecule is CCNCc1ccc(S(=O)(=O)Nc2cccnn2)nc1. The predicted octanol–water partition coefficient (Wildman–Crippen LogP) is 0.782. The molecule has 2 heterocycles. The molecule has 0 spiro atoms. The Labute approximate surface area is 117 Å². The van der Waals surface area contributed by atoms with Gasteiger partial charge in [0.25, 0.3) is 10.0 Å². The average Bonchev–Trinajstić information content (AvgIpc) is 2.46. The number of aromatic nitrogens is 3. The van der Waals surface area contributed by atoms with Crippen molar-refractivity contribution < 1.29 is 8.42 Å². The van der Waals surface area contributed by atoms with Crippen LogP contribution in [0.3, 0.4) is 0 Å². The first-order chi connectivity index (χ1) is 9.62. The molecule has 0 fully saturated rings. The molecule has 7 nitrogen and oxygen atoms in total. The largest absolute Gasteiger partial charge is 0.313 e. The molecular weight excluding hydrogens is 278 g/mol. The molecule has 0 aromatic carbocycles. The standard InChI is InChI=1S/C12H15N5O2S/c1-2-13-8-10-5-6-12(14-9-10)20(18,19)17-11-4-3-7-15-16-11/h3-7,9,13H,2,8H2,1H3,(H,16,17). The van der Waals surface area contributed by atoms with Crippen molar-refractivity contribution >= 4 is 15.8 Å². The van der Waals surface area contributed by atoms with Gasteiger partial charge in [-0.05, 0) is 30.3 Å². The molecule has 0 saturated carbocycles. The summed E-state index contributed by atoms with van der Waals surface area (Å²) in [5.74, 6) is 0.158. The molecule has 0 bridgehead atoms. The van der Waals surface area contributed by atoms with Gasteiger partial charge in [0, 0.05) is 18.9 Å². The maximum atomic E-state index is 12.1. The number of nitrogens with one attached hydrogen (secondary N) is 2. The highest BCUT2D eigenvalue weighted by Gasteiger charge is 2.16. The first kappa shape index (κ1) is 14.4. The zero-order chi connectivity index (χ0) is 14.4. The molecule has 2 N–H and O–H groups in total. The fourth-order valence-electron chi connectivity index (χ4n) is 1.49. The molecule has 20 heavy (non-hydrogen) atoms. The summed E-state index contributed by atoms with van der Waals surface area (Å²) >= 11 is 0. The Morgan fingerprint density at radius 2 is 2.10 bits per heavy atom. The van der Waals surface area contributed by atoms with E-state index in [9.17, 15) is 8.42 Å². The minimum absolute atomic E-state index is 0.0524. The van der Waals surface area contributed by atoms with Crippen molar-refractivity contribution in [3.05, 3.63) is 42.2 Å². The number of anilines is 1. The second kappa shape index (κ2) is 6.40. The van der Waals surface area contributed by atoms with Gasteiger partial charge in [0.1, 0.15) is 0 Å². The van der Waals surface area contributed by atoms with Gasteiger partial charge in [-0.25, -0.2) is 4.98 Å². The zero-order valence-electron chi connectivity index (χ0n) is 10.9. The third-order valence-electron chi connectivity index (χ3n) is 2.46. The van der Waals surface area contributed by atoms with E-state index in [-0.39, 0.29) is 10.8 Å². The highest BCUT2D eigenvalue weighted by molar-refractivity contribution is 7.92. The zero-order valence-corrected chi connectivity index (χ0v) is 11.8. The van der Waals surface area contributed by atoms with Crippen LogP contribution >= 0.6 is 0 Å². The second-order valence-electron chi connectivity index (χ2n) is 4.00. The molecule has 0 atom stereocenters. The lowest BCUT2D eigenvalue weighted by Gasteiger charge is -2.07. The maximum absolute atomic E-state index is 12.1. The van der Waals surface area contributed by atoms with Crippen LogP contribution in [0.5, 0.6) is 0 Å². The van der Waals surface area contributed by atoms with Crippen LogP contribution in [0.1, 0.15) is 12.5 Å². The van der Waals surface area contributed by atoms with E-state index >= 15 is 0 Å². The topological polar surface area (TPSA) is 96.9 Å². The van der Waals surface area contributed by atoms with Crippen molar-refractivity contribution in [3.8, 4) is 0 Å². The molecule has 0 aliphatic rings. The highest BCUT2D eigenvalue weighted by atomic mass is 32.2. The van der Waals surface area contributed by atoms with Crippen LogP contribution in [-0.4, -0.2) is 30.1 Å². The summed E-state index contributed by atoms with van der Waals surface area (Å²) in [6, 6.07) is 6.30. The summed E-state index contributed by atoms with van der Waals surface area (Å²) < 4.78 is 26.5. The molecule has 0 saturated heterocycles. The molecule has 0 radical (unpaired) electrons. The van der Waals surface area contributed by atoms with E-state index in [0.717, 1.165) is 12.1 Å². The predicted molar refractivity (Wildman–Crippen MR) is 74.5 cm³/mol. The summed E-state index contributed by atoms with van der Waals surface area (Å²) in [5, 5.41) is 10.4. The highest BCUT2D eigenvalue weighted by Crippen LogP contribution is 2.11. The van der Waals surface area contributed by atoms with Gasteiger partial charge >= 0.3 is 0 Å². The van der Waals surface area contributed by atoms with Crippen molar-refractivity contribution in [2.75, 3.05) is 11.3 Å². The summed E-state index contributed by atoms with van der Waals surface area (Å²) in [4.78, 5) is 3.96. The lowest BCUT2D eigenvalue weighted by atomic mass is 10.3.